The maximum absolute atomic E-state index is 12.7. The molecule has 1 amide bonds. The molecule has 0 saturated heterocycles. The Morgan fingerprint density at radius 3 is 2.56 bits per heavy atom. The number of rotatable bonds is 7. The molecule has 1 aromatic carbocycles. The van der Waals surface area contributed by atoms with Crippen LogP contribution >= 0.6 is 0 Å². The lowest BCUT2D eigenvalue weighted by molar-refractivity contribution is 0.0940. The van der Waals surface area contributed by atoms with Crippen molar-refractivity contribution in [1.29, 1.82) is 0 Å². The van der Waals surface area contributed by atoms with Gasteiger partial charge in [0, 0.05) is 19.5 Å². The summed E-state index contributed by atoms with van der Waals surface area (Å²) in [4.78, 5) is 14.8. The first-order valence-corrected chi connectivity index (χ1v) is 9.06. The third kappa shape index (κ3) is 3.93. The second-order valence-corrected chi connectivity index (χ2v) is 7.13. The highest BCUT2D eigenvalue weighted by molar-refractivity contribution is 5.95. The molecule has 0 unspecified atom stereocenters. The molecule has 1 N–H and O–H groups in total. The van der Waals surface area contributed by atoms with Crippen LogP contribution in [0.4, 0.5) is 0 Å². The molecule has 1 atom stereocenters. The number of aromatic nitrogens is 2. The van der Waals surface area contributed by atoms with Crippen LogP contribution in [0.15, 0.2) is 30.5 Å². The van der Waals surface area contributed by atoms with E-state index in [2.05, 4.69) is 46.5 Å². The summed E-state index contributed by atoms with van der Waals surface area (Å²) in [5, 5.41) is 7.39. The summed E-state index contributed by atoms with van der Waals surface area (Å²) in [5.41, 5.74) is 4.35. The Kier molecular flexibility index (Phi) is 5.23. The molecule has 0 spiro atoms. The Bertz CT molecular complexity index is 729. The van der Waals surface area contributed by atoms with Gasteiger partial charge in [-0.3, -0.25) is 9.48 Å². The van der Waals surface area contributed by atoms with Crippen LogP contribution in [-0.4, -0.2) is 41.2 Å². The molecule has 0 aliphatic heterocycles. The van der Waals surface area contributed by atoms with Crippen LogP contribution in [0.5, 0.6) is 0 Å². The van der Waals surface area contributed by atoms with Gasteiger partial charge in [-0.05, 0) is 44.5 Å². The van der Waals surface area contributed by atoms with Gasteiger partial charge in [0.05, 0.1) is 23.5 Å². The van der Waals surface area contributed by atoms with E-state index < -0.39 is 0 Å². The lowest BCUT2D eigenvalue weighted by atomic mass is 10.0. The fourth-order valence-electron chi connectivity index (χ4n) is 3.32. The number of nitrogens with one attached hydrogen (secondary N) is 1. The van der Waals surface area contributed by atoms with Gasteiger partial charge in [0.2, 0.25) is 0 Å². The number of nitrogens with zero attached hydrogens (tertiary/aromatic N) is 3. The fraction of sp³-hybridized carbons (Fsp3) is 0.500. The Morgan fingerprint density at radius 1 is 1.32 bits per heavy atom. The molecule has 1 aromatic heterocycles. The predicted octanol–water partition coefficient (Wildman–Crippen LogP) is 2.89. The van der Waals surface area contributed by atoms with E-state index >= 15 is 0 Å². The Labute approximate surface area is 150 Å². The number of benzene rings is 1. The molecular weight excluding hydrogens is 312 g/mol. The molecule has 1 aliphatic rings. The first kappa shape index (κ1) is 17.7. The smallest absolute Gasteiger partial charge is 0.254 e. The number of carbonyl (C=O) groups excluding carboxylic acids is 1. The molecule has 25 heavy (non-hydrogen) atoms. The minimum atomic E-state index is -0.0213. The van der Waals surface area contributed by atoms with Crippen LogP contribution in [0.3, 0.4) is 0 Å². The lowest BCUT2D eigenvalue weighted by Crippen LogP contribution is -2.34. The first-order valence-electron chi connectivity index (χ1n) is 9.06. The van der Waals surface area contributed by atoms with Crippen molar-refractivity contribution in [3.05, 3.63) is 52.8 Å². The van der Waals surface area contributed by atoms with Gasteiger partial charge in [0.25, 0.3) is 5.91 Å². The molecule has 0 bridgehead atoms. The zero-order valence-corrected chi connectivity index (χ0v) is 15.6. The van der Waals surface area contributed by atoms with Crippen LogP contribution in [0.25, 0.3) is 0 Å². The van der Waals surface area contributed by atoms with E-state index in [0.29, 0.717) is 12.5 Å². The zero-order chi connectivity index (χ0) is 18.0. The number of aryl methyl sites for hydroxylation is 2. The van der Waals surface area contributed by atoms with Crippen molar-refractivity contribution in [2.24, 2.45) is 7.05 Å². The Balaban J connectivity index is 1.70. The van der Waals surface area contributed by atoms with E-state index in [1.807, 2.05) is 25.8 Å². The van der Waals surface area contributed by atoms with Gasteiger partial charge < -0.3 is 10.2 Å². The second kappa shape index (κ2) is 7.40. The number of hydrogen-bond donors (Lipinski definition) is 1. The number of hydrogen-bond acceptors (Lipinski definition) is 3. The standard InChI is InChI=1S/C20H28N4O/c1-5-14-6-8-15(9-7-14)18(23(2)3)13-21-20(25)17-12-22-24(4)19(17)16-10-11-16/h6-9,12,16,18H,5,10-11,13H2,1-4H3,(H,21,25)/t18-/m0/s1. The summed E-state index contributed by atoms with van der Waals surface area (Å²) in [5.74, 6) is 0.478. The molecule has 1 fully saturated rings. The van der Waals surface area contributed by atoms with E-state index in [0.717, 1.165) is 30.5 Å². The lowest BCUT2D eigenvalue weighted by Gasteiger charge is -2.25. The maximum Gasteiger partial charge on any atom is 0.254 e. The molecule has 134 valence electrons. The number of likely N-dealkylation sites (N-methyl/N-ethyl adjacent to an activating group) is 1. The highest BCUT2D eigenvalue weighted by Gasteiger charge is 2.31. The molecule has 5 heteroatoms. The highest BCUT2D eigenvalue weighted by Crippen LogP contribution is 2.41. The maximum atomic E-state index is 12.7. The van der Waals surface area contributed by atoms with Crippen molar-refractivity contribution >= 4 is 5.91 Å². The van der Waals surface area contributed by atoms with Crippen molar-refractivity contribution in [2.75, 3.05) is 20.6 Å². The highest BCUT2D eigenvalue weighted by atomic mass is 16.1. The summed E-state index contributed by atoms with van der Waals surface area (Å²) in [6, 6.07) is 8.81. The minimum Gasteiger partial charge on any atom is -0.350 e. The van der Waals surface area contributed by atoms with Crippen LogP contribution in [0.1, 0.15) is 58.9 Å². The van der Waals surface area contributed by atoms with Gasteiger partial charge in [0.15, 0.2) is 0 Å². The average molecular weight is 340 g/mol. The molecule has 1 aliphatic carbocycles. The molecule has 5 nitrogen and oxygen atoms in total. The second-order valence-electron chi connectivity index (χ2n) is 7.13. The third-order valence-electron chi connectivity index (χ3n) is 5.05. The Hall–Kier alpha value is -2.14. The zero-order valence-electron chi connectivity index (χ0n) is 15.6. The molecule has 1 heterocycles. The first-order chi connectivity index (χ1) is 12.0. The van der Waals surface area contributed by atoms with Gasteiger partial charge >= 0.3 is 0 Å². The van der Waals surface area contributed by atoms with E-state index in [-0.39, 0.29) is 11.9 Å². The van der Waals surface area contributed by atoms with Gasteiger partial charge in [-0.2, -0.15) is 5.10 Å². The fourth-order valence-corrected chi connectivity index (χ4v) is 3.32. The van der Waals surface area contributed by atoms with Crippen LogP contribution in [0, 0.1) is 0 Å². The van der Waals surface area contributed by atoms with E-state index in [1.165, 1.54) is 11.1 Å². The molecule has 2 aromatic rings. The van der Waals surface area contributed by atoms with Gasteiger partial charge in [-0.1, -0.05) is 31.2 Å². The van der Waals surface area contributed by atoms with Crippen molar-refractivity contribution in [3.63, 3.8) is 0 Å². The predicted molar refractivity (Wildman–Crippen MR) is 99.8 cm³/mol. The van der Waals surface area contributed by atoms with Crippen molar-refractivity contribution < 1.29 is 4.79 Å². The van der Waals surface area contributed by atoms with Crippen LogP contribution in [-0.2, 0) is 13.5 Å². The third-order valence-corrected chi connectivity index (χ3v) is 5.05. The van der Waals surface area contributed by atoms with E-state index in [4.69, 9.17) is 0 Å². The quantitative estimate of drug-likeness (QED) is 0.843. The van der Waals surface area contributed by atoms with Gasteiger partial charge in [-0.15, -0.1) is 0 Å². The summed E-state index contributed by atoms with van der Waals surface area (Å²) < 4.78 is 1.85. The molecular formula is C20H28N4O. The monoisotopic (exact) mass is 340 g/mol. The largest absolute Gasteiger partial charge is 0.350 e. The summed E-state index contributed by atoms with van der Waals surface area (Å²) in [6.45, 7) is 2.74. The summed E-state index contributed by atoms with van der Waals surface area (Å²) in [7, 11) is 6.01. The number of carbonyl (C=O) groups is 1. The topological polar surface area (TPSA) is 50.2 Å². The SMILES string of the molecule is CCc1ccc([C@H](CNC(=O)c2cnn(C)c2C2CC2)N(C)C)cc1. The van der Waals surface area contributed by atoms with E-state index in [1.54, 1.807) is 6.20 Å². The summed E-state index contributed by atoms with van der Waals surface area (Å²) >= 11 is 0. The van der Waals surface area contributed by atoms with Crippen molar-refractivity contribution in [2.45, 2.75) is 38.1 Å². The molecule has 1 saturated carbocycles. The van der Waals surface area contributed by atoms with Gasteiger partial charge in [0.1, 0.15) is 0 Å². The Morgan fingerprint density at radius 2 is 2.00 bits per heavy atom. The summed E-state index contributed by atoms with van der Waals surface area (Å²) in [6.07, 6.45) is 5.05. The number of amides is 1. The van der Waals surface area contributed by atoms with Crippen LogP contribution < -0.4 is 5.32 Å². The van der Waals surface area contributed by atoms with Crippen LogP contribution in [0.2, 0.25) is 0 Å². The molecule has 3 rings (SSSR count). The van der Waals surface area contributed by atoms with Crippen molar-refractivity contribution in [1.82, 2.24) is 20.0 Å². The normalized spacial score (nSPS) is 15.4. The van der Waals surface area contributed by atoms with Crippen molar-refractivity contribution in [3.8, 4) is 0 Å². The average Bonchev–Trinajstić information content (AvgIpc) is 3.37. The van der Waals surface area contributed by atoms with Gasteiger partial charge in [-0.25, -0.2) is 0 Å². The van der Waals surface area contributed by atoms with E-state index in [9.17, 15) is 4.79 Å². The minimum absolute atomic E-state index is 0.0213. The molecule has 0 radical (unpaired) electrons.